The van der Waals surface area contributed by atoms with Crippen LogP contribution >= 0.6 is 15.9 Å². The summed E-state index contributed by atoms with van der Waals surface area (Å²) in [5.41, 5.74) is 5.86. The van der Waals surface area contributed by atoms with Crippen molar-refractivity contribution in [3.8, 4) is 0 Å². The van der Waals surface area contributed by atoms with Crippen molar-refractivity contribution in [2.45, 2.75) is 12.7 Å². The first-order chi connectivity index (χ1) is 13.6. The lowest BCUT2D eigenvalue weighted by Crippen LogP contribution is -2.20. The standard InChI is InChI=1S/C21H19BrN2O3S/c1-2-28(26)14-15-5-7-16(8-6-15)20(17-9-11-18(22)12-10-17)23-24-21(25)19-4-3-13-27-19/h3-13H,2,14H2,1H3,(H,24,25). The molecule has 1 unspecified atom stereocenters. The van der Waals surface area contributed by atoms with Gasteiger partial charge in [-0.05, 0) is 29.8 Å². The number of benzene rings is 2. The molecule has 1 heterocycles. The first-order valence-electron chi connectivity index (χ1n) is 8.68. The third kappa shape index (κ3) is 5.27. The molecule has 0 spiro atoms. The van der Waals surface area contributed by atoms with Crippen LogP contribution in [0.1, 0.15) is 34.2 Å². The highest BCUT2D eigenvalue weighted by Crippen LogP contribution is 2.16. The Morgan fingerprint density at radius 1 is 1.07 bits per heavy atom. The average molecular weight is 459 g/mol. The van der Waals surface area contributed by atoms with Crippen LogP contribution in [0.5, 0.6) is 0 Å². The number of amides is 1. The minimum absolute atomic E-state index is 0.191. The van der Waals surface area contributed by atoms with Crippen LogP contribution in [0.3, 0.4) is 0 Å². The quantitative estimate of drug-likeness (QED) is 0.418. The molecule has 1 aromatic heterocycles. The van der Waals surface area contributed by atoms with Gasteiger partial charge >= 0.3 is 5.91 Å². The number of furan rings is 1. The van der Waals surface area contributed by atoms with Crippen molar-refractivity contribution in [3.05, 3.63) is 93.9 Å². The summed E-state index contributed by atoms with van der Waals surface area (Å²) in [7, 11) is -0.864. The van der Waals surface area contributed by atoms with E-state index in [2.05, 4.69) is 26.5 Å². The van der Waals surface area contributed by atoms with Gasteiger partial charge in [-0.15, -0.1) is 0 Å². The zero-order valence-corrected chi connectivity index (χ0v) is 17.6. The number of carbonyl (C=O) groups excluding carboxylic acids is 1. The summed E-state index contributed by atoms with van der Waals surface area (Å²) >= 11 is 3.43. The fraction of sp³-hybridized carbons (Fsp3) is 0.143. The maximum atomic E-state index is 12.2. The highest BCUT2D eigenvalue weighted by Gasteiger charge is 2.11. The van der Waals surface area contributed by atoms with Crippen LogP contribution in [0.4, 0.5) is 0 Å². The maximum Gasteiger partial charge on any atom is 0.307 e. The summed E-state index contributed by atoms with van der Waals surface area (Å²) in [6.45, 7) is 1.91. The van der Waals surface area contributed by atoms with Gasteiger partial charge in [-0.1, -0.05) is 59.3 Å². The highest BCUT2D eigenvalue weighted by atomic mass is 79.9. The van der Waals surface area contributed by atoms with E-state index in [1.54, 1.807) is 12.1 Å². The monoisotopic (exact) mass is 458 g/mol. The van der Waals surface area contributed by atoms with E-state index in [9.17, 15) is 9.00 Å². The van der Waals surface area contributed by atoms with E-state index in [0.717, 1.165) is 21.2 Å². The molecular weight excluding hydrogens is 440 g/mol. The van der Waals surface area contributed by atoms with Gasteiger partial charge in [-0.2, -0.15) is 5.10 Å². The molecule has 28 heavy (non-hydrogen) atoms. The Balaban J connectivity index is 1.89. The summed E-state index contributed by atoms with van der Waals surface area (Å²) in [4.78, 5) is 12.2. The van der Waals surface area contributed by atoms with Gasteiger partial charge in [-0.25, -0.2) is 5.43 Å². The lowest BCUT2D eigenvalue weighted by Gasteiger charge is -2.09. The fourth-order valence-electron chi connectivity index (χ4n) is 2.52. The fourth-order valence-corrected chi connectivity index (χ4v) is 3.55. The molecule has 0 fully saturated rings. The number of nitrogens with one attached hydrogen (secondary N) is 1. The van der Waals surface area contributed by atoms with Crippen LogP contribution < -0.4 is 5.43 Å². The van der Waals surface area contributed by atoms with Crippen molar-refractivity contribution < 1.29 is 13.4 Å². The summed E-state index contributed by atoms with van der Waals surface area (Å²) in [5.74, 6) is 0.925. The topological polar surface area (TPSA) is 71.7 Å². The molecule has 2 aromatic carbocycles. The molecule has 0 radical (unpaired) electrons. The Bertz CT molecular complexity index is 982. The predicted molar refractivity (Wildman–Crippen MR) is 115 cm³/mol. The molecule has 1 atom stereocenters. The number of halogens is 1. The number of rotatable bonds is 7. The number of hydrogen-bond donors (Lipinski definition) is 1. The molecule has 1 N–H and O–H groups in total. The van der Waals surface area contributed by atoms with E-state index in [4.69, 9.17) is 4.42 Å². The minimum atomic E-state index is -0.864. The molecule has 144 valence electrons. The molecule has 0 aliphatic rings. The normalized spacial score (nSPS) is 12.6. The third-order valence-electron chi connectivity index (χ3n) is 4.01. The lowest BCUT2D eigenvalue weighted by molar-refractivity contribution is 0.0927. The average Bonchev–Trinajstić information content (AvgIpc) is 3.25. The Labute approximate surface area is 174 Å². The van der Waals surface area contributed by atoms with Crippen LogP contribution in [0, 0.1) is 0 Å². The third-order valence-corrected chi connectivity index (χ3v) is 5.84. The van der Waals surface area contributed by atoms with Gasteiger partial charge in [0, 0.05) is 37.9 Å². The van der Waals surface area contributed by atoms with Crippen LogP contribution in [0.15, 0.2) is 80.9 Å². The second kappa shape index (κ2) is 9.61. The van der Waals surface area contributed by atoms with Gasteiger partial charge in [0.25, 0.3) is 0 Å². The van der Waals surface area contributed by atoms with Crippen molar-refractivity contribution in [2.75, 3.05) is 5.75 Å². The van der Waals surface area contributed by atoms with Crippen LogP contribution in [0.2, 0.25) is 0 Å². The zero-order valence-electron chi connectivity index (χ0n) is 15.2. The first kappa shape index (κ1) is 20.2. The first-order valence-corrected chi connectivity index (χ1v) is 11.0. The van der Waals surface area contributed by atoms with E-state index < -0.39 is 16.7 Å². The van der Waals surface area contributed by atoms with E-state index >= 15 is 0 Å². The zero-order chi connectivity index (χ0) is 19.9. The molecule has 0 aliphatic heterocycles. The molecular formula is C21H19BrN2O3S. The SMILES string of the molecule is CCS(=O)Cc1ccc(C(=NNC(=O)c2ccco2)c2ccc(Br)cc2)cc1. The van der Waals surface area contributed by atoms with Gasteiger partial charge in [0.05, 0.1) is 12.0 Å². The van der Waals surface area contributed by atoms with Crippen molar-refractivity contribution >= 4 is 38.3 Å². The van der Waals surface area contributed by atoms with Crippen LogP contribution in [-0.4, -0.2) is 21.6 Å². The molecule has 3 aromatic rings. The lowest BCUT2D eigenvalue weighted by atomic mass is 10.0. The van der Waals surface area contributed by atoms with Gasteiger partial charge in [0.15, 0.2) is 5.76 Å². The Morgan fingerprint density at radius 2 is 1.71 bits per heavy atom. The predicted octanol–water partition coefficient (Wildman–Crippen LogP) is 4.49. The molecule has 1 amide bonds. The minimum Gasteiger partial charge on any atom is -0.459 e. The summed E-state index contributed by atoms with van der Waals surface area (Å²) in [5, 5.41) is 4.34. The van der Waals surface area contributed by atoms with Crippen LogP contribution in [-0.2, 0) is 16.6 Å². The molecule has 7 heteroatoms. The highest BCUT2D eigenvalue weighted by molar-refractivity contribution is 9.10. The van der Waals surface area contributed by atoms with Gasteiger partial charge in [0.2, 0.25) is 0 Å². The number of nitrogens with zero attached hydrogens (tertiary/aromatic N) is 1. The summed E-state index contributed by atoms with van der Waals surface area (Å²) in [6.07, 6.45) is 1.44. The molecule has 0 saturated heterocycles. The molecule has 5 nitrogen and oxygen atoms in total. The number of carbonyl (C=O) groups is 1. The van der Waals surface area contributed by atoms with Crippen LogP contribution in [0.25, 0.3) is 0 Å². The van der Waals surface area contributed by atoms with E-state index in [1.807, 2.05) is 55.5 Å². The van der Waals surface area contributed by atoms with Crippen molar-refractivity contribution in [1.29, 1.82) is 0 Å². The summed E-state index contributed by atoms with van der Waals surface area (Å²) in [6, 6.07) is 18.6. The molecule has 0 aliphatic carbocycles. The smallest absolute Gasteiger partial charge is 0.307 e. The maximum absolute atomic E-state index is 12.2. The van der Waals surface area contributed by atoms with Crippen molar-refractivity contribution in [2.24, 2.45) is 5.10 Å². The molecule has 3 rings (SSSR count). The van der Waals surface area contributed by atoms with E-state index in [1.165, 1.54) is 6.26 Å². The Hall–Kier alpha value is -2.51. The Kier molecular flexibility index (Phi) is 6.95. The second-order valence-electron chi connectivity index (χ2n) is 5.96. The van der Waals surface area contributed by atoms with Gasteiger partial charge < -0.3 is 4.42 Å². The molecule has 0 bridgehead atoms. The second-order valence-corrected chi connectivity index (χ2v) is 8.62. The largest absolute Gasteiger partial charge is 0.459 e. The summed E-state index contributed by atoms with van der Waals surface area (Å²) < 4.78 is 17.8. The molecule has 0 saturated carbocycles. The van der Waals surface area contributed by atoms with E-state index in [0.29, 0.717) is 17.2 Å². The van der Waals surface area contributed by atoms with Gasteiger partial charge in [0.1, 0.15) is 0 Å². The number of hydrazone groups is 1. The number of hydrogen-bond acceptors (Lipinski definition) is 4. The van der Waals surface area contributed by atoms with Gasteiger partial charge in [-0.3, -0.25) is 9.00 Å². The van der Waals surface area contributed by atoms with E-state index in [-0.39, 0.29) is 5.76 Å². The Morgan fingerprint density at radius 3 is 2.29 bits per heavy atom. The van der Waals surface area contributed by atoms with Crippen molar-refractivity contribution in [3.63, 3.8) is 0 Å². The van der Waals surface area contributed by atoms with Crippen molar-refractivity contribution in [1.82, 2.24) is 5.43 Å².